The van der Waals surface area contributed by atoms with E-state index in [1.807, 2.05) is 6.07 Å². The number of terminal acetylenes is 1. The van der Waals surface area contributed by atoms with Crippen LogP contribution in [0.5, 0.6) is 0 Å². The fraction of sp³-hybridized carbons (Fsp3) is 0.273. The molecule has 0 aromatic carbocycles. The molecule has 1 heterocycles. The molecule has 1 N–H and O–H groups in total. The largest absolute Gasteiger partial charge is 0.244 e. The van der Waals surface area contributed by atoms with Gasteiger partial charge in [-0.1, -0.05) is 0 Å². The molecule has 0 radical (unpaired) electrons. The molecule has 0 aliphatic heterocycles. The van der Waals surface area contributed by atoms with Crippen molar-refractivity contribution in [2.24, 2.45) is 0 Å². The molecule has 6 heteroatoms. The molecule has 88 valence electrons. The molecule has 0 saturated carbocycles. The van der Waals surface area contributed by atoms with Crippen LogP contribution < -0.4 is 4.72 Å². The Morgan fingerprint density at radius 1 is 1.59 bits per heavy atom. The number of nitrogens with zero attached hydrogens (tertiary/aromatic N) is 2. The van der Waals surface area contributed by atoms with E-state index in [-0.39, 0.29) is 16.6 Å². The van der Waals surface area contributed by atoms with E-state index in [4.69, 9.17) is 11.7 Å². The molecule has 1 rings (SSSR count). The van der Waals surface area contributed by atoms with Gasteiger partial charge in [0.15, 0.2) is 0 Å². The Labute approximate surface area is 101 Å². The standard InChI is InChI=1S/C11H11N3O2S/c1-3-4-9(2)14-17(15,16)11-6-5-10(7-12)13-8-11/h1,5-6,8-9,14H,4H2,2H3. The smallest absolute Gasteiger partial charge is 0.242 e. The second-order valence-electron chi connectivity index (χ2n) is 3.42. The second-order valence-corrected chi connectivity index (χ2v) is 5.14. The van der Waals surface area contributed by atoms with E-state index < -0.39 is 10.0 Å². The summed E-state index contributed by atoms with van der Waals surface area (Å²) in [5.74, 6) is 2.37. The van der Waals surface area contributed by atoms with E-state index in [0.717, 1.165) is 6.20 Å². The van der Waals surface area contributed by atoms with Gasteiger partial charge in [0.25, 0.3) is 0 Å². The van der Waals surface area contributed by atoms with E-state index in [9.17, 15) is 8.42 Å². The maximum atomic E-state index is 11.8. The molecule has 0 amide bonds. The van der Waals surface area contributed by atoms with Crippen LogP contribution in [0, 0.1) is 23.7 Å². The third-order valence-corrected chi connectivity index (χ3v) is 3.52. The minimum Gasteiger partial charge on any atom is -0.244 e. The minimum atomic E-state index is -3.62. The maximum Gasteiger partial charge on any atom is 0.242 e. The van der Waals surface area contributed by atoms with Crippen LogP contribution in [-0.2, 0) is 10.0 Å². The fourth-order valence-corrected chi connectivity index (χ4v) is 2.34. The Balaban J connectivity index is 2.91. The lowest BCUT2D eigenvalue weighted by atomic mass is 10.3. The lowest BCUT2D eigenvalue weighted by molar-refractivity contribution is 0.563. The van der Waals surface area contributed by atoms with Crippen molar-refractivity contribution < 1.29 is 8.42 Å². The molecule has 0 saturated heterocycles. The summed E-state index contributed by atoms with van der Waals surface area (Å²) in [4.78, 5) is 3.71. The van der Waals surface area contributed by atoms with Crippen molar-refractivity contribution in [1.29, 1.82) is 5.26 Å². The Hall–Kier alpha value is -1.89. The van der Waals surface area contributed by atoms with Crippen LogP contribution in [0.1, 0.15) is 19.0 Å². The molecule has 1 aromatic heterocycles. The molecule has 1 unspecified atom stereocenters. The molecule has 5 nitrogen and oxygen atoms in total. The van der Waals surface area contributed by atoms with E-state index >= 15 is 0 Å². The normalized spacial score (nSPS) is 12.4. The Morgan fingerprint density at radius 2 is 2.29 bits per heavy atom. The van der Waals surface area contributed by atoms with Crippen molar-refractivity contribution >= 4 is 10.0 Å². The topological polar surface area (TPSA) is 82.9 Å². The summed E-state index contributed by atoms with van der Waals surface area (Å²) in [6.07, 6.45) is 6.54. The third kappa shape index (κ3) is 3.56. The number of aromatic nitrogens is 1. The number of hydrogen-bond acceptors (Lipinski definition) is 4. The van der Waals surface area contributed by atoms with E-state index in [0.29, 0.717) is 6.42 Å². The summed E-state index contributed by atoms with van der Waals surface area (Å²) in [7, 11) is -3.62. The van der Waals surface area contributed by atoms with Crippen molar-refractivity contribution in [1.82, 2.24) is 9.71 Å². The SMILES string of the molecule is C#CCC(C)NS(=O)(=O)c1ccc(C#N)nc1. The highest BCUT2D eigenvalue weighted by molar-refractivity contribution is 7.89. The van der Waals surface area contributed by atoms with Gasteiger partial charge in [-0.05, 0) is 19.1 Å². The molecule has 0 fully saturated rings. The van der Waals surface area contributed by atoms with Gasteiger partial charge in [-0.3, -0.25) is 0 Å². The molecular weight excluding hydrogens is 238 g/mol. The maximum absolute atomic E-state index is 11.8. The summed E-state index contributed by atoms with van der Waals surface area (Å²) in [5.41, 5.74) is 0.167. The average Bonchev–Trinajstić information content (AvgIpc) is 2.28. The molecule has 0 aliphatic carbocycles. The summed E-state index contributed by atoms with van der Waals surface area (Å²) < 4.78 is 26.0. The monoisotopic (exact) mass is 249 g/mol. The van der Waals surface area contributed by atoms with Gasteiger partial charge in [-0.25, -0.2) is 18.1 Å². The first-order chi connectivity index (χ1) is 7.99. The molecule has 1 aromatic rings. The van der Waals surface area contributed by atoms with Gasteiger partial charge in [0, 0.05) is 18.7 Å². The van der Waals surface area contributed by atoms with Crippen LogP contribution in [-0.4, -0.2) is 19.4 Å². The average molecular weight is 249 g/mol. The van der Waals surface area contributed by atoms with E-state index in [1.54, 1.807) is 6.92 Å². The van der Waals surface area contributed by atoms with Crippen LogP contribution in [0.15, 0.2) is 23.2 Å². The van der Waals surface area contributed by atoms with Crippen LogP contribution in [0.25, 0.3) is 0 Å². The molecule has 17 heavy (non-hydrogen) atoms. The highest BCUT2D eigenvalue weighted by Crippen LogP contribution is 2.08. The Bertz CT molecular complexity index is 564. The van der Waals surface area contributed by atoms with Crippen LogP contribution in [0.2, 0.25) is 0 Å². The first-order valence-electron chi connectivity index (χ1n) is 4.81. The lowest BCUT2D eigenvalue weighted by Gasteiger charge is -2.11. The zero-order valence-electron chi connectivity index (χ0n) is 9.21. The quantitative estimate of drug-likeness (QED) is 0.794. The molecule has 0 bridgehead atoms. The predicted octanol–water partition coefficient (Wildman–Crippen LogP) is 0.643. The van der Waals surface area contributed by atoms with Crippen molar-refractivity contribution in [2.75, 3.05) is 0 Å². The number of sulfonamides is 1. The zero-order valence-corrected chi connectivity index (χ0v) is 10.0. The van der Waals surface area contributed by atoms with Crippen LogP contribution >= 0.6 is 0 Å². The highest BCUT2D eigenvalue weighted by Gasteiger charge is 2.17. The number of nitrogens with one attached hydrogen (secondary N) is 1. The number of pyridine rings is 1. The van der Waals surface area contributed by atoms with E-state index in [1.165, 1.54) is 12.1 Å². The van der Waals surface area contributed by atoms with Gasteiger partial charge in [-0.15, -0.1) is 12.3 Å². The molecule has 0 aliphatic rings. The second kappa shape index (κ2) is 5.44. The summed E-state index contributed by atoms with van der Waals surface area (Å²) in [6, 6.07) is 4.14. The fourth-order valence-electron chi connectivity index (χ4n) is 1.16. The number of rotatable bonds is 4. The van der Waals surface area contributed by atoms with Crippen molar-refractivity contribution in [2.45, 2.75) is 24.3 Å². The van der Waals surface area contributed by atoms with Crippen molar-refractivity contribution in [3.8, 4) is 18.4 Å². The lowest BCUT2D eigenvalue weighted by Crippen LogP contribution is -2.32. The highest BCUT2D eigenvalue weighted by atomic mass is 32.2. The van der Waals surface area contributed by atoms with Crippen LogP contribution in [0.3, 0.4) is 0 Å². The molecular formula is C11H11N3O2S. The predicted molar refractivity (Wildman–Crippen MR) is 62.2 cm³/mol. The number of nitriles is 1. The van der Waals surface area contributed by atoms with Crippen molar-refractivity contribution in [3.05, 3.63) is 24.0 Å². The Kier molecular flexibility index (Phi) is 4.22. The molecule has 0 spiro atoms. The zero-order chi connectivity index (χ0) is 12.9. The third-order valence-electron chi connectivity index (χ3n) is 1.94. The van der Waals surface area contributed by atoms with Gasteiger partial charge in [0.2, 0.25) is 10.0 Å². The first-order valence-corrected chi connectivity index (χ1v) is 6.30. The summed E-state index contributed by atoms with van der Waals surface area (Å²) >= 11 is 0. The van der Waals surface area contributed by atoms with Crippen molar-refractivity contribution in [3.63, 3.8) is 0 Å². The summed E-state index contributed by atoms with van der Waals surface area (Å²) in [5, 5.41) is 8.55. The van der Waals surface area contributed by atoms with Gasteiger partial charge in [0.05, 0.1) is 0 Å². The minimum absolute atomic E-state index is 0.0142. The van der Waals surface area contributed by atoms with Gasteiger partial charge < -0.3 is 0 Å². The Morgan fingerprint density at radius 3 is 2.76 bits per heavy atom. The van der Waals surface area contributed by atoms with Crippen LogP contribution in [0.4, 0.5) is 0 Å². The first kappa shape index (κ1) is 13.2. The van der Waals surface area contributed by atoms with Gasteiger partial charge in [-0.2, -0.15) is 5.26 Å². The molecule has 1 atom stereocenters. The van der Waals surface area contributed by atoms with Gasteiger partial charge >= 0.3 is 0 Å². The van der Waals surface area contributed by atoms with E-state index in [2.05, 4.69) is 15.6 Å². The van der Waals surface area contributed by atoms with Gasteiger partial charge in [0.1, 0.15) is 16.7 Å². The number of hydrogen-bond donors (Lipinski definition) is 1. The summed E-state index contributed by atoms with van der Waals surface area (Å²) in [6.45, 7) is 1.68.